The van der Waals surface area contributed by atoms with E-state index in [4.69, 9.17) is 4.98 Å². The van der Waals surface area contributed by atoms with Gasteiger partial charge in [-0.1, -0.05) is 39.8 Å². The third-order valence-corrected chi connectivity index (χ3v) is 9.48. The maximum absolute atomic E-state index is 11.7. The Morgan fingerprint density at radius 1 is 1.14 bits per heavy atom. The Morgan fingerprint density at radius 2 is 1.92 bits per heavy atom. The lowest BCUT2D eigenvalue weighted by Crippen LogP contribution is -2.34. The fraction of sp³-hybridized carbons (Fsp3) is 0.467. The number of para-hydroxylation sites is 1. The standard InChI is InChI=1S/C30H36N4O2S/c1-6-18-11-20(25-24(17(2)32-33-25)28-31-22-9-7-8-10-23(22)37-28)27(36)21(26(18)35)14-34-16-30(5)13-19(34)12-29(3,4)15-30/h7-11,19,35-36H,6,12-16H2,1-5H3,(H,32,33). The average molecular weight is 517 g/mol. The van der Waals surface area contributed by atoms with Crippen LogP contribution in [0.4, 0.5) is 0 Å². The number of aromatic amines is 1. The van der Waals surface area contributed by atoms with Crippen LogP contribution in [0.15, 0.2) is 30.3 Å². The average Bonchev–Trinajstić information content (AvgIpc) is 3.48. The highest BCUT2D eigenvalue weighted by molar-refractivity contribution is 7.21. The number of nitrogens with zero attached hydrogens (tertiary/aromatic N) is 3. The van der Waals surface area contributed by atoms with Gasteiger partial charge in [-0.05, 0) is 67.2 Å². The van der Waals surface area contributed by atoms with Crippen LogP contribution in [0.5, 0.6) is 11.5 Å². The Morgan fingerprint density at radius 3 is 2.68 bits per heavy atom. The Bertz CT molecular complexity index is 1470. The molecule has 2 aromatic heterocycles. The predicted octanol–water partition coefficient (Wildman–Crippen LogP) is 7.04. The molecule has 3 heterocycles. The van der Waals surface area contributed by atoms with Crippen LogP contribution in [0, 0.1) is 17.8 Å². The third kappa shape index (κ3) is 4.12. The van der Waals surface area contributed by atoms with Gasteiger partial charge in [-0.25, -0.2) is 4.98 Å². The lowest BCUT2D eigenvalue weighted by molar-refractivity contribution is 0.126. The molecule has 2 atom stereocenters. The zero-order valence-electron chi connectivity index (χ0n) is 22.4. The number of hydrogen-bond donors (Lipinski definition) is 3. The minimum atomic E-state index is 0.120. The second-order valence-corrected chi connectivity index (χ2v) is 13.3. The summed E-state index contributed by atoms with van der Waals surface area (Å²) in [7, 11) is 0. The topological polar surface area (TPSA) is 85.3 Å². The molecule has 4 aromatic rings. The van der Waals surface area contributed by atoms with Crippen molar-refractivity contribution in [3.63, 3.8) is 0 Å². The molecular formula is C30H36N4O2S. The number of aromatic hydroxyl groups is 2. The summed E-state index contributed by atoms with van der Waals surface area (Å²) in [6, 6.07) is 10.5. The molecule has 2 unspecified atom stereocenters. The first-order chi connectivity index (χ1) is 17.6. The summed E-state index contributed by atoms with van der Waals surface area (Å²) in [5.41, 5.74) is 6.12. The molecule has 1 aliphatic carbocycles. The van der Waals surface area contributed by atoms with Gasteiger partial charge in [-0.3, -0.25) is 10.00 Å². The number of H-pyrrole nitrogens is 1. The van der Waals surface area contributed by atoms with Crippen molar-refractivity contribution in [2.45, 2.75) is 72.9 Å². The van der Waals surface area contributed by atoms with E-state index < -0.39 is 0 Å². The number of nitrogens with one attached hydrogen (secondary N) is 1. The van der Waals surface area contributed by atoms with Crippen molar-refractivity contribution < 1.29 is 10.2 Å². The highest BCUT2D eigenvalue weighted by Gasteiger charge is 2.49. The van der Waals surface area contributed by atoms with Gasteiger partial charge in [0.2, 0.25) is 0 Å². The summed E-state index contributed by atoms with van der Waals surface area (Å²) in [6.45, 7) is 12.7. The van der Waals surface area contributed by atoms with E-state index in [0.717, 1.165) is 45.0 Å². The fourth-order valence-corrected chi connectivity index (χ4v) is 8.28. The molecule has 6 nitrogen and oxygen atoms in total. The Hall–Kier alpha value is -2.90. The van der Waals surface area contributed by atoms with Crippen LogP contribution >= 0.6 is 11.3 Å². The number of aromatic nitrogens is 3. The van der Waals surface area contributed by atoms with E-state index in [-0.39, 0.29) is 16.9 Å². The van der Waals surface area contributed by atoms with E-state index in [9.17, 15) is 10.2 Å². The van der Waals surface area contributed by atoms with Crippen molar-refractivity contribution in [3.8, 4) is 33.3 Å². The van der Waals surface area contributed by atoms with E-state index in [0.29, 0.717) is 41.2 Å². The Balaban J connectivity index is 1.44. The number of benzene rings is 2. The van der Waals surface area contributed by atoms with E-state index in [1.54, 1.807) is 11.3 Å². The van der Waals surface area contributed by atoms with Crippen LogP contribution in [0.25, 0.3) is 32.0 Å². The van der Waals surface area contributed by atoms with Crippen molar-refractivity contribution in [3.05, 3.63) is 47.2 Å². The first-order valence-electron chi connectivity index (χ1n) is 13.3. The molecule has 3 N–H and O–H groups in total. The third-order valence-electron chi connectivity index (χ3n) is 8.42. The van der Waals surface area contributed by atoms with Crippen LogP contribution in [0.1, 0.15) is 63.8 Å². The van der Waals surface area contributed by atoms with Gasteiger partial charge < -0.3 is 10.2 Å². The molecule has 0 radical (unpaired) electrons. The maximum atomic E-state index is 11.7. The van der Waals surface area contributed by atoms with Crippen molar-refractivity contribution in [1.82, 2.24) is 20.1 Å². The Kier molecular flexibility index (Phi) is 5.66. The second kappa shape index (κ2) is 8.57. The summed E-state index contributed by atoms with van der Waals surface area (Å²) in [6.07, 6.45) is 4.20. The molecule has 1 saturated heterocycles. The van der Waals surface area contributed by atoms with Crippen molar-refractivity contribution >= 4 is 21.6 Å². The monoisotopic (exact) mass is 516 g/mol. The maximum Gasteiger partial charge on any atom is 0.133 e. The van der Waals surface area contributed by atoms with Gasteiger partial charge in [-0.15, -0.1) is 11.3 Å². The number of phenolic OH excluding ortho intramolecular Hbond substituents is 2. The molecule has 2 bridgehead atoms. The van der Waals surface area contributed by atoms with E-state index in [1.807, 2.05) is 38.1 Å². The number of phenols is 2. The first kappa shape index (κ1) is 24.4. The van der Waals surface area contributed by atoms with Gasteiger partial charge in [0, 0.05) is 30.4 Å². The van der Waals surface area contributed by atoms with E-state index >= 15 is 0 Å². The number of fused-ring (bicyclic) bond motifs is 3. The number of hydrogen-bond acceptors (Lipinski definition) is 6. The Labute approximate surface area is 222 Å². The molecule has 7 heteroatoms. The van der Waals surface area contributed by atoms with Crippen LogP contribution in [-0.4, -0.2) is 42.9 Å². The quantitative estimate of drug-likeness (QED) is 0.265. The summed E-state index contributed by atoms with van der Waals surface area (Å²) < 4.78 is 1.12. The zero-order chi connectivity index (χ0) is 26.1. The van der Waals surface area contributed by atoms with Crippen LogP contribution in [0.3, 0.4) is 0 Å². The van der Waals surface area contributed by atoms with Gasteiger partial charge in [0.25, 0.3) is 0 Å². The van der Waals surface area contributed by atoms with Gasteiger partial charge in [0.05, 0.1) is 21.3 Å². The molecule has 1 aliphatic heterocycles. The van der Waals surface area contributed by atoms with E-state index in [2.05, 4.69) is 41.9 Å². The zero-order valence-corrected chi connectivity index (χ0v) is 23.2. The van der Waals surface area contributed by atoms with Gasteiger partial charge >= 0.3 is 0 Å². The summed E-state index contributed by atoms with van der Waals surface area (Å²) in [5, 5.41) is 31.6. The molecule has 2 aliphatic rings. The largest absolute Gasteiger partial charge is 0.507 e. The second-order valence-electron chi connectivity index (χ2n) is 12.3. The van der Waals surface area contributed by atoms with Gasteiger partial charge in [0.15, 0.2) is 0 Å². The number of thiazole rings is 1. The highest BCUT2D eigenvalue weighted by atomic mass is 32.1. The molecule has 0 spiro atoms. The summed E-state index contributed by atoms with van der Waals surface area (Å²) >= 11 is 1.63. The molecule has 0 amide bonds. The molecule has 37 heavy (non-hydrogen) atoms. The van der Waals surface area contributed by atoms with Crippen LogP contribution < -0.4 is 0 Å². The van der Waals surface area contributed by atoms with Gasteiger partial charge in [0.1, 0.15) is 22.2 Å². The molecular weight excluding hydrogens is 480 g/mol. The molecule has 1 saturated carbocycles. The van der Waals surface area contributed by atoms with Crippen LogP contribution in [0.2, 0.25) is 0 Å². The smallest absolute Gasteiger partial charge is 0.133 e. The number of aryl methyl sites for hydroxylation is 2. The molecule has 2 fully saturated rings. The highest BCUT2D eigenvalue weighted by Crippen LogP contribution is 2.54. The SMILES string of the molecule is CCc1cc(-c2n[nH]c(C)c2-c2nc3ccccc3s2)c(O)c(CN2CC3(C)CC2CC(C)(C)C3)c1O. The van der Waals surface area contributed by atoms with Crippen LogP contribution in [-0.2, 0) is 13.0 Å². The van der Waals surface area contributed by atoms with Gasteiger partial charge in [-0.2, -0.15) is 5.10 Å². The number of likely N-dealkylation sites (tertiary alicyclic amines) is 1. The normalized spacial score (nSPS) is 23.2. The van der Waals surface area contributed by atoms with E-state index in [1.165, 1.54) is 12.8 Å². The van der Waals surface area contributed by atoms with Crippen molar-refractivity contribution in [1.29, 1.82) is 0 Å². The first-order valence-corrected chi connectivity index (χ1v) is 14.1. The summed E-state index contributed by atoms with van der Waals surface area (Å²) in [4.78, 5) is 7.36. The molecule has 6 rings (SSSR count). The van der Waals surface area contributed by atoms with Crippen molar-refractivity contribution in [2.75, 3.05) is 6.54 Å². The predicted molar refractivity (Wildman–Crippen MR) is 150 cm³/mol. The molecule has 194 valence electrons. The minimum absolute atomic E-state index is 0.120. The summed E-state index contributed by atoms with van der Waals surface area (Å²) in [5.74, 6) is 0.331. The lowest BCUT2D eigenvalue weighted by Gasteiger charge is -2.40. The van der Waals surface area contributed by atoms with Crippen molar-refractivity contribution in [2.24, 2.45) is 10.8 Å². The number of rotatable bonds is 5. The molecule has 2 aromatic carbocycles. The lowest BCUT2D eigenvalue weighted by atomic mass is 9.65. The minimum Gasteiger partial charge on any atom is -0.507 e. The fourth-order valence-electron chi connectivity index (χ4n) is 7.21.